The van der Waals surface area contributed by atoms with E-state index in [1.807, 2.05) is 0 Å². The molecule has 1 spiro atoms. The molecule has 2 atom stereocenters. The zero-order valence-corrected chi connectivity index (χ0v) is 11.8. The Bertz CT molecular complexity index is 264. The summed E-state index contributed by atoms with van der Waals surface area (Å²) in [6, 6.07) is 0.605. The smallest absolute Gasteiger partial charge is 0.0728 e. The second-order valence-electron chi connectivity index (χ2n) is 6.53. The molecule has 3 fully saturated rings. The summed E-state index contributed by atoms with van der Waals surface area (Å²) in [5.41, 5.74) is 0.434. The van der Waals surface area contributed by atoms with Gasteiger partial charge in [0.1, 0.15) is 0 Å². The number of nitrogens with one attached hydrogen (secondary N) is 1. The minimum Gasteiger partial charge on any atom is -0.377 e. The van der Waals surface area contributed by atoms with Gasteiger partial charge in [0.05, 0.1) is 6.10 Å². The van der Waals surface area contributed by atoms with Crippen molar-refractivity contribution in [3.8, 4) is 0 Å². The van der Waals surface area contributed by atoms with Gasteiger partial charge in [-0.3, -0.25) is 4.90 Å². The van der Waals surface area contributed by atoms with Crippen molar-refractivity contribution < 1.29 is 4.74 Å². The highest BCUT2D eigenvalue weighted by Crippen LogP contribution is 2.32. The van der Waals surface area contributed by atoms with Crippen LogP contribution in [0.1, 0.15) is 51.9 Å². The van der Waals surface area contributed by atoms with Gasteiger partial charge in [0.2, 0.25) is 0 Å². The molecule has 0 bridgehead atoms. The van der Waals surface area contributed by atoms with Crippen molar-refractivity contribution >= 4 is 0 Å². The lowest BCUT2D eigenvalue weighted by atomic mass is 9.79. The van der Waals surface area contributed by atoms with E-state index in [0.29, 0.717) is 17.7 Å². The van der Waals surface area contributed by atoms with E-state index in [1.54, 1.807) is 0 Å². The summed E-state index contributed by atoms with van der Waals surface area (Å²) in [6.45, 7) is 6.96. The second-order valence-corrected chi connectivity index (χ2v) is 6.53. The number of nitrogens with zero attached hydrogens (tertiary/aromatic N) is 1. The summed E-state index contributed by atoms with van der Waals surface area (Å²) in [6.07, 6.45) is 10.0. The van der Waals surface area contributed by atoms with Crippen LogP contribution in [-0.2, 0) is 4.74 Å². The van der Waals surface area contributed by atoms with Crippen LogP contribution in [0.5, 0.6) is 0 Å². The topological polar surface area (TPSA) is 24.5 Å². The van der Waals surface area contributed by atoms with Crippen LogP contribution < -0.4 is 5.32 Å². The fraction of sp³-hybridized carbons (Fsp3) is 1.00. The van der Waals surface area contributed by atoms with Crippen molar-refractivity contribution in [3.63, 3.8) is 0 Å². The highest BCUT2D eigenvalue weighted by molar-refractivity contribution is 4.98. The van der Waals surface area contributed by atoms with Gasteiger partial charge in [0.25, 0.3) is 0 Å². The van der Waals surface area contributed by atoms with E-state index < -0.39 is 0 Å². The molecule has 1 N–H and O–H groups in total. The molecule has 3 nitrogen and oxygen atoms in total. The summed E-state index contributed by atoms with van der Waals surface area (Å²) >= 11 is 0. The Morgan fingerprint density at radius 2 is 2.06 bits per heavy atom. The van der Waals surface area contributed by atoms with Crippen LogP contribution in [0.25, 0.3) is 0 Å². The first-order chi connectivity index (χ1) is 8.79. The van der Waals surface area contributed by atoms with E-state index in [4.69, 9.17) is 4.74 Å². The number of rotatable bonds is 2. The quantitative estimate of drug-likeness (QED) is 0.815. The van der Waals surface area contributed by atoms with E-state index in [-0.39, 0.29) is 0 Å². The molecule has 2 saturated heterocycles. The molecule has 0 radical (unpaired) electrons. The molecule has 3 rings (SSSR count). The molecule has 0 aromatic heterocycles. The average molecular weight is 252 g/mol. The summed E-state index contributed by atoms with van der Waals surface area (Å²) < 4.78 is 5.88. The van der Waals surface area contributed by atoms with Gasteiger partial charge in [0.15, 0.2) is 0 Å². The average Bonchev–Trinajstić information content (AvgIpc) is 2.93. The molecule has 2 aliphatic heterocycles. The molecule has 0 amide bonds. The standard InChI is InChI=1S/C15H28N2O/c1-13(14-6-5-11-18-14)17-10-9-16-15(12-17)7-3-2-4-8-15/h13-14,16H,2-12H2,1H3. The van der Waals surface area contributed by atoms with Gasteiger partial charge in [-0.15, -0.1) is 0 Å². The number of ether oxygens (including phenoxy) is 1. The highest BCUT2D eigenvalue weighted by Gasteiger charge is 2.39. The van der Waals surface area contributed by atoms with Crippen molar-refractivity contribution in [1.82, 2.24) is 10.2 Å². The lowest BCUT2D eigenvalue weighted by Crippen LogP contribution is -2.63. The zero-order chi connectivity index (χ0) is 12.4. The molecular formula is C15H28N2O. The number of hydrogen-bond acceptors (Lipinski definition) is 3. The van der Waals surface area contributed by atoms with E-state index in [1.165, 1.54) is 58.0 Å². The Balaban J connectivity index is 1.62. The predicted octanol–water partition coefficient (Wildman–Crippen LogP) is 2.16. The zero-order valence-electron chi connectivity index (χ0n) is 11.8. The van der Waals surface area contributed by atoms with Crippen LogP contribution in [0.2, 0.25) is 0 Å². The van der Waals surface area contributed by atoms with Gasteiger partial charge in [-0.2, -0.15) is 0 Å². The molecule has 18 heavy (non-hydrogen) atoms. The Morgan fingerprint density at radius 1 is 1.22 bits per heavy atom. The summed E-state index contributed by atoms with van der Waals surface area (Å²) in [4.78, 5) is 2.69. The van der Waals surface area contributed by atoms with E-state index in [0.717, 1.165) is 13.2 Å². The molecule has 0 aromatic carbocycles. The lowest BCUT2D eigenvalue weighted by Gasteiger charge is -2.48. The molecule has 3 heteroatoms. The first-order valence-electron chi connectivity index (χ1n) is 7.90. The summed E-state index contributed by atoms with van der Waals surface area (Å²) in [5, 5.41) is 3.83. The monoisotopic (exact) mass is 252 g/mol. The Hall–Kier alpha value is -0.120. The Labute approximate surface area is 111 Å². The maximum atomic E-state index is 5.88. The molecule has 3 aliphatic rings. The molecule has 1 saturated carbocycles. The van der Waals surface area contributed by atoms with E-state index in [9.17, 15) is 0 Å². The van der Waals surface area contributed by atoms with Gasteiger partial charge in [-0.25, -0.2) is 0 Å². The number of hydrogen-bond donors (Lipinski definition) is 1. The van der Waals surface area contributed by atoms with Crippen molar-refractivity contribution in [3.05, 3.63) is 0 Å². The van der Waals surface area contributed by atoms with E-state index in [2.05, 4.69) is 17.1 Å². The minimum atomic E-state index is 0.434. The largest absolute Gasteiger partial charge is 0.377 e. The lowest BCUT2D eigenvalue weighted by molar-refractivity contribution is -0.00125. The van der Waals surface area contributed by atoms with Gasteiger partial charge in [-0.1, -0.05) is 19.3 Å². The maximum Gasteiger partial charge on any atom is 0.0728 e. The van der Waals surface area contributed by atoms with Gasteiger partial charge >= 0.3 is 0 Å². The van der Waals surface area contributed by atoms with Crippen LogP contribution >= 0.6 is 0 Å². The predicted molar refractivity (Wildman–Crippen MR) is 73.8 cm³/mol. The van der Waals surface area contributed by atoms with Gasteiger partial charge < -0.3 is 10.1 Å². The SMILES string of the molecule is CC(C1CCCO1)N1CCNC2(CCCCC2)C1. The van der Waals surface area contributed by atoms with Crippen LogP contribution in [0.15, 0.2) is 0 Å². The van der Waals surface area contributed by atoms with Crippen LogP contribution in [-0.4, -0.2) is 48.8 Å². The second kappa shape index (κ2) is 5.48. The number of piperazine rings is 1. The van der Waals surface area contributed by atoms with Crippen molar-refractivity contribution in [1.29, 1.82) is 0 Å². The Kier molecular flexibility index (Phi) is 3.92. The highest BCUT2D eigenvalue weighted by atomic mass is 16.5. The summed E-state index contributed by atoms with van der Waals surface area (Å²) in [5.74, 6) is 0. The minimum absolute atomic E-state index is 0.434. The molecule has 2 unspecified atom stereocenters. The van der Waals surface area contributed by atoms with E-state index >= 15 is 0 Å². The first-order valence-corrected chi connectivity index (χ1v) is 7.90. The molecule has 104 valence electrons. The first kappa shape index (κ1) is 12.9. The third-order valence-electron chi connectivity index (χ3n) is 5.29. The van der Waals surface area contributed by atoms with Crippen LogP contribution in [0.3, 0.4) is 0 Å². The summed E-state index contributed by atoms with van der Waals surface area (Å²) in [7, 11) is 0. The normalized spacial score (nSPS) is 34.8. The Morgan fingerprint density at radius 3 is 2.78 bits per heavy atom. The fourth-order valence-electron chi connectivity index (χ4n) is 4.12. The van der Waals surface area contributed by atoms with Crippen molar-refractivity contribution in [2.75, 3.05) is 26.2 Å². The molecule has 2 heterocycles. The van der Waals surface area contributed by atoms with Crippen molar-refractivity contribution in [2.45, 2.75) is 69.6 Å². The van der Waals surface area contributed by atoms with Crippen molar-refractivity contribution in [2.24, 2.45) is 0 Å². The molecular weight excluding hydrogens is 224 g/mol. The maximum absolute atomic E-state index is 5.88. The van der Waals surface area contributed by atoms with Crippen LogP contribution in [0.4, 0.5) is 0 Å². The van der Waals surface area contributed by atoms with Crippen LogP contribution in [0, 0.1) is 0 Å². The fourth-order valence-corrected chi connectivity index (χ4v) is 4.12. The van der Waals surface area contributed by atoms with Gasteiger partial charge in [-0.05, 0) is 32.6 Å². The van der Waals surface area contributed by atoms with Gasteiger partial charge in [0, 0.05) is 37.8 Å². The molecule has 0 aromatic rings. The molecule has 1 aliphatic carbocycles. The third kappa shape index (κ3) is 2.59. The third-order valence-corrected chi connectivity index (χ3v) is 5.29.